The summed E-state index contributed by atoms with van der Waals surface area (Å²) in [6.45, 7) is 34.6. The van der Waals surface area contributed by atoms with Gasteiger partial charge in [0.25, 0.3) is 22.9 Å². The SMILES string of the molecule is Cc1cn([C@H]2C[C@H](O[Si](C)(C)C(C)(C)C)[C@@H](CO[C@]3(C)C=NCC(C)(C)NC(=O)[C@](C)(OC[C@H]4O[C@@H](n5cc(C)c(=O)[nH]c5=O)C[C@@H]4O[Si](C)(C)C(C)(C)C)C=NCC(C)(C)NC3=O)O2)c(=O)[nH]c1=O. The summed E-state index contributed by atoms with van der Waals surface area (Å²) in [5.41, 5.74) is -6.76. The molecule has 2 fully saturated rings. The average Bonchev–Trinajstić information content (AvgIpc) is 3.79. The van der Waals surface area contributed by atoms with Crippen molar-refractivity contribution in [2.45, 2.75) is 205 Å². The van der Waals surface area contributed by atoms with Crippen LogP contribution in [0.25, 0.3) is 0 Å². The molecule has 2 saturated heterocycles. The van der Waals surface area contributed by atoms with Gasteiger partial charge in [-0.2, -0.15) is 0 Å². The highest BCUT2D eigenvalue weighted by Gasteiger charge is 2.49. The van der Waals surface area contributed by atoms with Crippen LogP contribution in [-0.2, 0) is 37.4 Å². The third kappa shape index (κ3) is 13.3. The van der Waals surface area contributed by atoms with E-state index in [0.717, 1.165) is 0 Å². The zero-order chi connectivity index (χ0) is 52.8. The molecular formula is C48H80N8O12Si2. The molecule has 0 saturated carbocycles. The van der Waals surface area contributed by atoms with Crippen molar-refractivity contribution in [2.75, 3.05) is 26.3 Å². The zero-order valence-corrected chi connectivity index (χ0v) is 46.7. The number of carbonyl (C=O) groups is 2. The minimum absolute atomic E-state index is 0.0261. The number of rotatable bonds is 12. The molecule has 0 bridgehead atoms. The van der Waals surface area contributed by atoms with Gasteiger partial charge in [0.1, 0.15) is 24.7 Å². The summed E-state index contributed by atoms with van der Waals surface area (Å²) in [5, 5.41) is 5.83. The fourth-order valence-electron chi connectivity index (χ4n) is 7.67. The second-order valence-electron chi connectivity index (χ2n) is 24.0. The van der Waals surface area contributed by atoms with Gasteiger partial charge in [0, 0.05) is 48.8 Å². The van der Waals surface area contributed by atoms with Crippen LogP contribution in [0.5, 0.6) is 0 Å². The van der Waals surface area contributed by atoms with Gasteiger partial charge in [-0.1, -0.05) is 41.5 Å². The first-order valence-corrected chi connectivity index (χ1v) is 30.0. The normalized spacial score (nSPS) is 29.2. The number of carbonyl (C=O) groups excluding carboxylic acids is 2. The topological polar surface area (TPSA) is 248 Å². The molecule has 4 N–H and O–H groups in total. The fraction of sp³-hybridized carbons (Fsp3) is 0.750. The highest BCUT2D eigenvalue weighted by Crippen LogP contribution is 2.43. The molecule has 0 aliphatic carbocycles. The van der Waals surface area contributed by atoms with E-state index in [2.05, 4.69) is 88.3 Å². The van der Waals surface area contributed by atoms with E-state index in [9.17, 15) is 28.8 Å². The Hall–Kier alpha value is -4.17. The quantitative estimate of drug-likeness (QED) is 0.214. The maximum Gasteiger partial charge on any atom is 0.330 e. The average molecular weight is 1020 g/mol. The number of ether oxygens (including phenoxy) is 4. The minimum Gasteiger partial charge on any atom is -0.411 e. The lowest BCUT2D eigenvalue weighted by Gasteiger charge is -2.39. The number of aromatic amines is 2. The van der Waals surface area contributed by atoms with Gasteiger partial charge in [-0.3, -0.25) is 48.3 Å². The van der Waals surface area contributed by atoms with Gasteiger partial charge in [0.15, 0.2) is 27.8 Å². The van der Waals surface area contributed by atoms with Crippen LogP contribution in [0.15, 0.2) is 41.6 Å². The molecule has 2 aromatic heterocycles. The van der Waals surface area contributed by atoms with Gasteiger partial charge in [0.2, 0.25) is 0 Å². The lowest BCUT2D eigenvalue weighted by atomic mass is 9.99. The van der Waals surface area contributed by atoms with E-state index in [-0.39, 0.29) is 36.4 Å². The summed E-state index contributed by atoms with van der Waals surface area (Å²) in [5.74, 6) is -1.01. The minimum atomic E-state index is -2.40. The van der Waals surface area contributed by atoms with E-state index < -0.39 is 110 Å². The van der Waals surface area contributed by atoms with Crippen molar-refractivity contribution < 1.29 is 37.4 Å². The lowest BCUT2D eigenvalue weighted by Crippen LogP contribution is -2.59. The van der Waals surface area contributed by atoms with Crippen molar-refractivity contribution >= 4 is 40.9 Å². The lowest BCUT2D eigenvalue weighted by molar-refractivity contribution is -0.145. The molecule has 0 radical (unpaired) electrons. The molecule has 8 atom stereocenters. The Balaban J connectivity index is 1.39. The van der Waals surface area contributed by atoms with Crippen LogP contribution < -0.4 is 33.1 Å². The maximum absolute atomic E-state index is 14.5. The zero-order valence-electron chi connectivity index (χ0n) is 44.7. The van der Waals surface area contributed by atoms with E-state index in [1.165, 1.54) is 34.0 Å². The molecule has 3 aliphatic rings. The largest absolute Gasteiger partial charge is 0.411 e. The molecule has 5 heterocycles. The van der Waals surface area contributed by atoms with Crippen molar-refractivity contribution in [1.29, 1.82) is 0 Å². The molecule has 392 valence electrons. The van der Waals surface area contributed by atoms with Crippen LogP contribution >= 0.6 is 0 Å². The van der Waals surface area contributed by atoms with Gasteiger partial charge in [0.05, 0.1) is 49.6 Å². The first kappa shape index (κ1) is 56.7. The number of amides is 2. The van der Waals surface area contributed by atoms with Gasteiger partial charge >= 0.3 is 11.4 Å². The van der Waals surface area contributed by atoms with Crippen LogP contribution in [0.4, 0.5) is 0 Å². The Bertz CT molecular complexity index is 2380. The molecule has 0 unspecified atom stereocenters. The predicted molar refractivity (Wildman–Crippen MR) is 273 cm³/mol. The monoisotopic (exact) mass is 1020 g/mol. The van der Waals surface area contributed by atoms with E-state index in [1.54, 1.807) is 55.4 Å². The molecule has 2 amide bonds. The Kier molecular flexibility index (Phi) is 16.5. The van der Waals surface area contributed by atoms with Gasteiger partial charge in [-0.15, -0.1) is 0 Å². The highest BCUT2D eigenvalue weighted by atomic mass is 28.4. The van der Waals surface area contributed by atoms with E-state index in [1.807, 2.05) is 0 Å². The molecule has 0 spiro atoms. The van der Waals surface area contributed by atoms with Crippen LogP contribution in [0.2, 0.25) is 36.3 Å². The first-order chi connectivity index (χ1) is 31.9. The number of hydrogen-bond acceptors (Lipinski definition) is 14. The molecule has 22 heteroatoms. The number of aromatic nitrogens is 4. The predicted octanol–water partition coefficient (Wildman–Crippen LogP) is 4.55. The summed E-state index contributed by atoms with van der Waals surface area (Å²) >= 11 is 0. The highest BCUT2D eigenvalue weighted by molar-refractivity contribution is 6.74. The molecular weight excluding hydrogens is 937 g/mol. The van der Waals surface area contributed by atoms with Crippen molar-refractivity contribution in [3.63, 3.8) is 0 Å². The van der Waals surface area contributed by atoms with Crippen molar-refractivity contribution in [3.05, 3.63) is 65.2 Å². The van der Waals surface area contributed by atoms with Gasteiger partial charge in [-0.25, -0.2) is 9.59 Å². The van der Waals surface area contributed by atoms with E-state index >= 15 is 0 Å². The Morgan fingerprint density at radius 1 is 0.614 bits per heavy atom. The molecule has 20 nitrogen and oxygen atoms in total. The van der Waals surface area contributed by atoms with Crippen LogP contribution in [0.3, 0.4) is 0 Å². The molecule has 2 aromatic rings. The fourth-order valence-corrected chi connectivity index (χ4v) is 10.4. The number of hydrogen-bond donors (Lipinski definition) is 4. The van der Waals surface area contributed by atoms with E-state index in [4.69, 9.17) is 37.8 Å². The second-order valence-corrected chi connectivity index (χ2v) is 33.5. The Morgan fingerprint density at radius 2 is 0.943 bits per heavy atom. The van der Waals surface area contributed by atoms with Crippen LogP contribution in [0.1, 0.15) is 120 Å². The smallest absolute Gasteiger partial charge is 0.330 e. The molecule has 3 aliphatic heterocycles. The number of aliphatic imine (C=N–C) groups is 2. The maximum atomic E-state index is 14.5. The van der Waals surface area contributed by atoms with Gasteiger partial charge < -0.3 is 38.4 Å². The van der Waals surface area contributed by atoms with Crippen molar-refractivity contribution in [3.8, 4) is 0 Å². The molecule has 0 aromatic carbocycles. The number of aryl methyl sites for hydroxylation is 2. The molecule has 70 heavy (non-hydrogen) atoms. The summed E-state index contributed by atoms with van der Waals surface area (Å²) in [6.07, 6.45) is 2.34. The third-order valence-corrected chi connectivity index (χ3v) is 23.3. The van der Waals surface area contributed by atoms with Crippen molar-refractivity contribution in [1.82, 2.24) is 29.7 Å². The van der Waals surface area contributed by atoms with Crippen LogP contribution in [0, 0.1) is 13.8 Å². The third-order valence-electron chi connectivity index (χ3n) is 14.3. The summed E-state index contributed by atoms with van der Waals surface area (Å²) in [4.78, 5) is 93.5. The van der Waals surface area contributed by atoms with Gasteiger partial charge in [-0.05, 0) is 91.7 Å². The Labute approximate surface area is 413 Å². The number of nitrogens with zero attached hydrogens (tertiary/aromatic N) is 4. The summed E-state index contributed by atoms with van der Waals surface area (Å²) < 4.78 is 42.5. The summed E-state index contributed by atoms with van der Waals surface area (Å²) in [6, 6.07) is 0. The van der Waals surface area contributed by atoms with Crippen molar-refractivity contribution in [2.24, 2.45) is 9.98 Å². The second kappa shape index (κ2) is 20.4. The summed E-state index contributed by atoms with van der Waals surface area (Å²) in [7, 11) is -4.80. The number of H-pyrrole nitrogens is 2. The number of nitrogens with one attached hydrogen (secondary N) is 4. The standard InChI is InChI=1S/C48H80N8O12Si2/c1-29-21-55(41(61)51-37(29)57)35-19-31(67-69(15,16)43(3,4)5)33(65-35)23-63-47(13)27-49-25-46(11,12)54-40(60)48(14,28-50-26-45(9,10)53-39(47)59)64-24-34-32(68-70(17,18)44(6,7)8)20-36(66-34)56-22-30(2)38(58)52-42(56)62/h21-22,27-28,31-36H,19-20,23-26H2,1-18H3,(H,53,59)(H,54,60)(H,51,57,61)(H,52,58,62)/t31-,32-,33+,34+,35+,36+,47+,48+/m0/s1. The Morgan fingerprint density at radius 3 is 1.26 bits per heavy atom. The first-order valence-electron chi connectivity index (χ1n) is 24.1. The van der Waals surface area contributed by atoms with Crippen LogP contribution in [-0.4, -0.2) is 133 Å². The van der Waals surface area contributed by atoms with E-state index in [0.29, 0.717) is 24.0 Å². The molecule has 5 rings (SSSR count).